The fourth-order valence-corrected chi connectivity index (χ4v) is 4.69. The summed E-state index contributed by atoms with van der Waals surface area (Å²) < 4.78 is 10.7. The van der Waals surface area contributed by atoms with Crippen LogP contribution in [0.1, 0.15) is 18.9 Å². The van der Waals surface area contributed by atoms with Crippen molar-refractivity contribution >= 4 is 51.7 Å². The van der Waals surface area contributed by atoms with E-state index in [0.717, 1.165) is 22.3 Å². The van der Waals surface area contributed by atoms with Gasteiger partial charge in [-0.1, -0.05) is 54.6 Å². The summed E-state index contributed by atoms with van der Waals surface area (Å²) in [5.74, 6) is 1.90. The monoisotopic (exact) mass is 506 g/mol. The van der Waals surface area contributed by atoms with Crippen LogP contribution in [0, 0.1) is 0 Å². The number of ether oxygens (including phenoxy) is 2. The van der Waals surface area contributed by atoms with Crippen molar-refractivity contribution in [3.8, 4) is 11.5 Å². The number of benzene rings is 3. The van der Waals surface area contributed by atoms with Gasteiger partial charge >= 0.3 is 0 Å². The number of hydrogen-bond acceptors (Lipinski definition) is 7. The highest BCUT2D eigenvalue weighted by Gasteiger charge is 2.22. The summed E-state index contributed by atoms with van der Waals surface area (Å²) in [6.07, 6.45) is 0.616. The van der Waals surface area contributed by atoms with Crippen LogP contribution in [0.5, 0.6) is 11.5 Å². The van der Waals surface area contributed by atoms with Crippen molar-refractivity contribution < 1.29 is 14.3 Å². The molecule has 2 heterocycles. The number of carbonyl (C=O) groups excluding carboxylic acids is 1. The minimum atomic E-state index is -0.370. The lowest BCUT2D eigenvalue weighted by molar-refractivity contribution is -0.115. The van der Waals surface area contributed by atoms with Gasteiger partial charge in [0.2, 0.25) is 12.7 Å². The largest absolute Gasteiger partial charge is 0.454 e. The van der Waals surface area contributed by atoms with E-state index in [9.17, 15) is 4.79 Å². The molecule has 0 saturated heterocycles. The molecule has 9 heteroatoms. The van der Waals surface area contributed by atoms with Crippen LogP contribution < -0.4 is 20.1 Å². The third-order valence-corrected chi connectivity index (χ3v) is 6.98. The molecule has 0 unspecified atom stereocenters. The molecule has 0 saturated carbocycles. The smallest absolute Gasteiger partial charge is 0.237 e. The number of para-hydroxylation sites is 1. The number of carbonyl (C=O) groups is 1. The van der Waals surface area contributed by atoms with Gasteiger partial charge in [0, 0.05) is 28.7 Å². The van der Waals surface area contributed by atoms with Crippen molar-refractivity contribution in [3.05, 3.63) is 77.3 Å². The zero-order valence-electron chi connectivity index (χ0n) is 19.0. The standard InChI is InChI=1S/C26H23ClN4O3S/c1-2-23(25(32)29-18-11-12-21-22(13-18)34-15-33-21)35-26-30-20-6-4-3-5-19(20)24(31-26)28-14-16-7-9-17(27)10-8-16/h3-13,23H,2,14-15H2,1H3,(H,29,32)(H,28,30,31)/t23-/m0/s1. The van der Waals surface area contributed by atoms with Gasteiger partial charge in [0.15, 0.2) is 16.7 Å². The first kappa shape index (κ1) is 23.3. The second-order valence-electron chi connectivity index (χ2n) is 7.92. The Labute approximate surface area is 212 Å². The van der Waals surface area contributed by atoms with Crippen molar-refractivity contribution in [2.45, 2.75) is 30.3 Å². The summed E-state index contributed by atoms with van der Waals surface area (Å²) in [5.41, 5.74) is 2.55. The zero-order chi connectivity index (χ0) is 24.2. The summed E-state index contributed by atoms with van der Waals surface area (Å²) >= 11 is 7.35. The lowest BCUT2D eigenvalue weighted by Gasteiger charge is -2.16. The van der Waals surface area contributed by atoms with Gasteiger partial charge in [0.1, 0.15) is 5.82 Å². The molecular formula is C26H23ClN4O3S. The van der Waals surface area contributed by atoms with Crippen molar-refractivity contribution in [1.29, 1.82) is 0 Å². The number of nitrogens with one attached hydrogen (secondary N) is 2. The van der Waals surface area contributed by atoms with E-state index in [1.807, 2.05) is 55.5 Å². The van der Waals surface area contributed by atoms with Crippen LogP contribution in [-0.2, 0) is 11.3 Å². The molecule has 1 aromatic heterocycles. The molecule has 178 valence electrons. The minimum Gasteiger partial charge on any atom is -0.454 e. The molecule has 5 rings (SSSR count). The highest BCUT2D eigenvalue weighted by Crippen LogP contribution is 2.35. The number of aromatic nitrogens is 2. The van der Waals surface area contributed by atoms with Crippen LogP contribution in [0.4, 0.5) is 11.5 Å². The molecule has 1 aliphatic heterocycles. The fourth-order valence-electron chi connectivity index (χ4n) is 3.68. The summed E-state index contributed by atoms with van der Waals surface area (Å²) in [4.78, 5) is 22.5. The number of rotatable bonds is 8. The fraction of sp³-hybridized carbons (Fsp3) is 0.192. The van der Waals surface area contributed by atoms with Crippen molar-refractivity contribution in [3.63, 3.8) is 0 Å². The Morgan fingerprint density at radius 3 is 2.69 bits per heavy atom. The Morgan fingerprint density at radius 2 is 1.86 bits per heavy atom. The average Bonchev–Trinajstić information content (AvgIpc) is 3.34. The molecule has 0 spiro atoms. The molecule has 7 nitrogen and oxygen atoms in total. The maximum atomic E-state index is 13.0. The van der Waals surface area contributed by atoms with E-state index in [1.165, 1.54) is 11.8 Å². The molecule has 1 amide bonds. The average molecular weight is 507 g/mol. The number of thioether (sulfide) groups is 1. The van der Waals surface area contributed by atoms with Crippen molar-refractivity contribution in [2.75, 3.05) is 17.4 Å². The molecule has 35 heavy (non-hydrogen) atoms. The SMILES string of the molecule is CC[C@H](Sc1nc(NCc2ccc(Cl)cc2)c2ccccc2n1)C(=O)Nc1ccc2c(c1)OCO2. The Hall–Kier alpha value is -3.49. The second kappa shape index (κ2) is 10.4. The van der Waals surface area contributed by atoms with Crippen LogP contribution in [-0.4, -0.2) is 27.9 Å². The van der Waals surface area contributed by atoms with E-state index >= 15 is 0 Å². The number of halogens is 1. The number of nitrogens with zero attached hydrogens (tertiary/aromatic N) is 2. The quantitative estimate of drug-likeness (QED) is 0.219. The van der Waals surface area contributed by atoms with Gasteiger partial charge in [-0.25, -0.2) is 9.97 Å². The van der Waals surface area contributed by atoms with Crippen LogP contribution in [0.25, 0.3) is 10.9 Å². The third-order valence-electron chi connectivity index (χ3n) is 5.51. The highest BCUT2D eigenvalue weighted by atomic mass is 35.5. The molecular weight excluding hydrogens is 484 g/mol. The van der Waals surface area contributed by atoms with E-state index < -0.39 is 0 Å². The van der Waals surface area contributed by atoms with Gasteiger partial charge in [0.05, 0.1) is 10.8 Å². The molecule has 3 aromatic carbocycles. The molecule has 0 radical (unpaired) electrons. The number of anilines is 2. The molecule has 0 aliphatic carbocycles. The predicted molar refractivity (Wildman–Crippen MR) is 139 cm³/mol. The molecule has 2 N–H and O–H groups in total. The lowest BCUT2D eigenvalue weighted by atomic mass is 10.2. The van der Waals surface area contributed by atoms with Gasteiger partial charge in [-0.15, -0.1) is 0 Å². The Balaban J connectivity index is 1.34. The minimum absolute atomic E-state index is 0.121. The summed E-state index contributed by atoms with van der Waals surface area (Å²) in [6.45, 7) is 2.75. The first-order valence-corrected chi connectivity index (χ1v) is 12.5. The predicted octanol–water partition coefficient (Wildman–Crippen LogP) is 6.13. The molecule has 4 aromatic rings. The van der Waals surface area contributed by atoms with Crippen LogP contribution in [0.15, 0.2) is 71.9 Å². The van der Waals surface area contributed by atoms with E-state index in [1.54, 1.807) is 18.2 Å². The van der Waals surface area contributed by atoms with E-state index in [4.69, 9.17) is 31.0 Å². The number of fused-ring (bicyclic) bond motifs is 2. The summed E-state index contributed by atoms with van der Waals surface area (Å²) in [6, 6.07) is 20.9. The van der Waals surface area contributed by atoms with Crippen molar-refractivity contribution in [2.24, 2.45) is 0 Å². The number of hydrogen-bond donors (Lipinski definition) is 2. The molecule has 0 fully saturated rings. The van der Waals surface area contributed by atoms with Gasteiger partial charge in [0.25, 0.3) is 0 Å². The maximum absolute atomic E-state index is 13.0. The maximum Gasteiger partial charge on any atom is 0.237 e. The van der Waals surface area contributed by atoms with E-state index in [2.05, 4.69) is 10.6 Å². The first-order chi connectivity index (χ1) is 17.1. The van der Waals surface area contributed by atoms with E-state index in [-0.39, 0.29) is 18.0 Å². The molecule has 0 bridgehead atoms. The number of amides is 1. The Bertz CT molecular complexity index is 1370. The van der Waals surface area contributed by atoms with Crippen LogP contribution in [0.3, 0.4) is 0 Å². The van der Waals surface area contributed by atoms with Crippen LogP contribution >= 0.6 is 23.4 Å². The van der Waals surface area contributed by atoms with Gasteiger partial charge in [-0.3, -0.25) is 4.79 Å². The van der Waals surface area contributed by atoms with Gasteiger partial charge in [-0.2, -0.15) is 0 Å². The summed E-state index contributed by atoms with van der Waals surface area (Å²) in [5, 5.41) is 8.17. The van der Waals surface area contributed by atoms with Gasteiger partial charge < -0.3 is 20.1 Å². The third kappa shape index (κ3) is 5.44. The first-order valence-electron chi connectivity index (χ1n) is 11.2. The van der Waals surface area contributed by atoms with Crippen molar-refractivity contribution in [1.82, 2.24) is 9.97 Å². The van der Waals surface area contributed by atoms with E-state index in [0.29, 0.717) is 40.3 Å². The second-order valence-corrected chi connectivity index (χ2v) is 9.53. The summed E-state index contributed by atoms with van der Waals surface area (Å²) in [7, 11) is 0. The Kier molecular flexibility index (Phi) is 6.92. The highest BCUT2D eigenvalue weighted by molar-refractivity contribution is 8.00. The van der Waals surface area contributed by atoms with Crippen LogP contribution in [0.2, 0.25) is 5.02 Å². The van der Waals surface area contributed by atoms with Gasteiger partial charge in [-0.05, 0) is 48.4 Å². The topological polar surface area (TPSA) is 85.4 Å². The zero-order valence-corrected chi connectivity index (χ0v) is 20.5. The Morgan fingerprint density at radius 1 is 1.06 bits per heavy atom. The lowest BCUT2D eigenvalue weighted by Crippen LogP contribution is -2.24. The molecule has 1 atom stereocenters. The normalized spacial score (nSPS) is 13.0. The molecule has 1 aliphatic rings.